The number of carboxylic acid groups (broad SMARTS) is 1. The molecule has 0 spiro atoms. The summed E-state index contributed by atoms with van der Waals surface area (Å²) in [5.41, 5.74) is -1.10. The molecule has 2 N–H and O–H groups in total. The molecule has 0 aliphatic heterocycles. The lowest BCUT2D eigenvalue weighted by Gasteiger charge is -2.32. The van der Waals surface area contributed by atoms with Crippen molar-refractivity contribution >= 4 is 27.0 Å². The van der Waals surface area contributed by atoms with E-state index in [-0.39, 0.29) is 18.3 Å². The molecule has 2 aromatic heterocycles. The smallest absolute Gasteiger partial charge is 0.324 e. The van der Waals surface area contributed by atoms with Crippen molar-refractivity contribution < 1.29 is 23.1 Å². The van der Waals surface area contributed by atoms with Gasteiger partial charge in [0.25, 0.3) is 10.2 Å². The maximum absolute atomic E-state index is 13.2. The summed E-state index contributed by atoms with van der Waals surface area (Å²) in [5.74, 6) is -0.115. The van der Waals surface area contributed by atoms with E-state index >= 15 is 0 Å². The van der Waals surface area contributed by atoms with Crippen LogP contribution >= 0.6 is 0 Å². The first kappa shape index (κ1) is 27.5. The molecule has 10 heteroatoms. The third-order valence-corrected chi connectivity index (χ3v) is 7.21. The van der Waals surface area contributed by atoms with E-state index in [0.29, 0.717) is 30.3 Å². The maximum Gasteiger partial charge on any atom is 0.324 e. The van der Waals surface area contributed by atoms with E-state index in [4.69, 9.17) is 4.74 Å². The second-order valence-electron chi connectivity index (χ2n) is 9.98. The van der Waals surface area contributed by atoms with Gasteiger partial charge in [-0.1, -0.05) is 39.8 Å². The van der Waals surface area contributed by atoms with Crippen molar-refractivity contribution in [1.29, 1.82) is 0 Å². The summed E-state index contributed by atoms with van der Waals surface area (Å²) in [4.78, 5) is 20.6. The molecule has 0 unspecified atom stereocenters. The Kier molecular flexibility index (Phi) is 8.65. The number of fused-ring (bicyclic) bond motifs is 1. The summed E-state index contributed by atoms with van der Waals surface area (Å²) in [6, 6.07) is 10.5. The van der Waals surface area contributed by atoms with Crippen LogP contribution in [0.25, 0.3) is 10.8 Å². The third-order valence-electron chi connectivity index (χ3n) is 5.53. The third kappa shape index (κ3) is 6.99. The van der Waals surface area contributed by atoms with Gasteiger partial charge >= 0.3 is 5.97 Å². The van der Waals surface area contributed by atoms with Gasteiger partial charge in [0, 0.05) is 48.9 Å². The number of benzene rings is 1. The van der Waals surface area contributed by atoms with Gasteiger partial charge in [0.2, 0.25) is 5.88 Å². The Hall–Kier alpha value is -3.08. The van der Waals surface area contributed by atoms with Crippen molar-refractivity contribution in [2.75, 3.05) is 13.1 Å². The molecule has 3 rings (SSSR count). The zero-order chi connectivity index (χ0) is 26.5. The van der Waals surface area contributed by atoms with Crippen LogP contribution in [0.5, 0.6) is 11.6 Å². The molecule has 36 heavy (non-hydrogen) atoms. The molecule has 0 radical (unpaired) electrons. The van der Waals surface area contributed by atoms with Gasteiger partial charge in [-0.05, 0) is 48.6 Å². The highest BCUT2D eigenvalue weighted by Crippen LogP contribution is 2.28. The molecule has 2 heterocycles. The van der Waals surface area contributed by atoms with Crippen LogP contribution in [0.15, 0.2) is 55.0 Å². The summed E-state index contributed by atoms with van der Waals surface area (Å²) in [5, 5.41) is 11.7. The van der Waals surface area contributed by atoms with Crippen LogP contribution < -0.4 is 9.46 Å². The summed E-state index contributed by atoms with van der Waals surface area (Å²) in [6.07, 6.45) is 4.98. The molecular weight excluding hydrogens is 480 g/mol. The zero-order valence-electron chi connectivity index (χ0n) is 21.3. The number of carboxylic acids is 1. The average Bonchev–Trinajstić information content (AvgIpc) is 2.79. The first-order valence-corrected chi connectivity index (χ1v) is 13.3. The lowest BCUT2D eigenvalue weighted by Crippen LogP contribution is -2.58. The maximum atomic E-state index is 13.2. The number of hydrogen-bond acceptors (Lipinski definition) is 6. The molecule has 3 aromatic rings. The molecule has 0 saturated carbocycles. The second-order valence-corrected chi connectivity index (χ2v) is 11.7. The van der Waals surface area contributed by atoms with Gasteiger partial charge in [-0.15, -0.1) is 0 Å². The van der Waals surface area contributed by atoms with Crippen molar-refractivity contribution in [1.82, 2.24) is 19.0 Å². The molecule has 0 bridgehead atoms. The Morgan fingerprint density at radius 1 is 1.06 bits per heavy atom. The minimum Gasteiger partial charge on any atom is -0.480 e. The summed E-state index contributed by atoms with van der Waals surface area (Å²) in [6.45, 7) is 9.68. The van der Waals surface area contributed by atoms with Crippen LogP contribution in [0.1, 0.15) is 40.2 Å². The number of rotatable bonds is 12. The van der Waals surface area contributed by atoms with Gasteiger partial charge in [-0.25, -0.2) is 4.98 Å². The molecule has 0 aliphatic rings. The van der Waals surface area contributed by atoms with E-state index < -0.39 is 21.7 Å². The lowest BCUT2D eigenvalue weighted by molar-refractivity contribution is -0.143. The van der Waals surface area contributed by atoms with Gasteiger partial charge in [0.1, 0.15) is 11.3 Å². The largest absolute Gasteiger partial charge is 0.480 e. The number of nitrogens with zero attached hydrogens (tertiary/aromatic N) is 3. The zero-order valence-corrected chi connectivity index (χ0v) is 22.1. The quantitative estimate of drug-likeness (QED) is 0.370. The summed E-state index contributed by atoms with van der Waals surface area (Å²) < 4.78 is 36.1. The fraction of sp³-hybridized carbons (Fsp3) is 0.423. The van der Waals surface area contributed by atoms with Crippen molar-refractivity contribution in [3.05, 3.63) is 60.6 Å². The van der Waals surface area contributed by atoms with Crippen molar-refractivity contribution in [2.24, 2.45) is 11.8 Å². The molecule has 0 fully saturated rings. The van der Waals surface area contributed by atoms with Crippen LogP contribution in [0, 0.1) is 11.8 Å². The Labute approximate surface area is 212 Å². The van der Waals surface area contributed by atoms with Crippen LogP contribution in [-0.2, 0) is 21.4 Å². The Morgan fingerprint density at radius 2 is 1.69 bits per heavy atom. The number of hydrogen-bond donors (Lipinski definition) is 2. The first-order valence-electron chi connectivity index (χ1n) is 11.9. The number of nitrogens with one attached hydrogen (secondary N) is 1. The van der Waals surface area contributed by atoms with Crippen LogP contribution in [0.2, 0.25) is 0 Å². The molecule has 1 aromatic carbocycles. The molecule has 0 amide bonds. The molecule has 1 atom stereocenters. The fourth-order valence-electron chi connectivity index (χ4n) is 3.86. The first-order chi connectivity index (χ1) is 16.9. The average molecular weight is 515 g/mol. The lowest BCUT2D eigenvalue weighted by atomic mass is 9.94. The molecule has 0 aliphatic carbocycles. The van der Waals surface area contributed by atoms with E-state index in [0.717, 1.165) is 10.8 Å². The molecule has 9 nitrogen and oxygen atoms in total. The van der Waals surface area contributed by atoms with E-state index in [1.807, 2.05) is 39.8 Å². The highest BCUT2D eigenvalue weighted by molar-refractivity contribution is 7.87. The number of carbonyl (C=O) groups is 1. The number of ether oxygens (including phenoxy) is 1. The van der Waals surface area contributed by atoms with Gasteiger partial charge in [0.15, 0.2) is 0 Å². The Morgan fingerprint density at radius 3 is 2.28 bits per heavy atom. The van der Waals surface area contributed by atoms with Crippen molar-refractivity contribution in [3.8, 4) is 11.6 Å². The minimum absolute atomic E-state index is 0.0444. The van der Waals surface area contributed by atoms with Crippen LogP contribution in [0.4, 0.5) is 0 Å². The second kappa shape index (κ2) is 11.3. The van der Waals surface area contributed by atoms with Gasteiger partial charge in [-0.2, -0.15) is 17.4 Å². The molecule has 0 saturated heterocycles. The topological polar surface area (TPSA) is 122 Å². The highest BCUT2D eigenvalue weighted by atomic mass is 32.2. The van der Waals surface area contributed by atoms with Crippen LogP contribution in [0.3, 0.4) is 0 Å². The summed E-state index contributed by atoms with van der Waals surface area (Å²) in [7, 11) is -4.04. The molecule has 194 valence electrons. The van der Waals surface area contributed by atoms with E-state index in [2.05, 4.69) is 14.7 Å². The number of aromatic nitrogens is 2. The number of pyridine rings is 2. The van der Waals surface area contributed by atoms with Crippen LogP contribution in [-0.4, -0.2) is 52.4 Å². The van der Waals surface area contributed by atoms with Gasteiger partial charge in [-0.3, -0.25) is 9.78 Å². The Balaban J connectivity index is 1.79. The normalized spacial score (nSPS) is 13.9. The van der Waals surface area contributed by atoms with Gasteiger partial charge < -0.3 is 9.84 Å². The minimum atomic E-state index is -4.04. The predicted molar refractivity (Wildman–Crippen MR) is 139 cm³/mol. The van der Waals surface area contributed by atoms with Crippen molar-refractivity contribution in [3.63, 3.8) is 0 Å². The Bertz CT molecular complexity index is 1280. The van der Waals surface area contributed by atoms with E-state index in [1.54, 1.807) is 42.9 Å². The molecular formula is C26H34N4O5S. The predicted octanol–water partition coefficient (Wildman–Crippen LogP) is 4.26. The van der Waals surface area contributed by atoms with E-state index in [1.165, 1.54) is 11.2 Å². The fourth-order valence-corrected chi connectivity index (χ4v) is 5.70. The van der Waals surface area contributed by atoms with Gasteiger partial charge in [0.05, 0.1) is 0 Å². The summed E-state index contributed by atoms with van der Waals surface area (Å²) >= 11 is 0. The highest BCUT2D eigenvalue weighted by Gasteiger charge is 2.40. The van der Waals surface area contributed by atoms with E-state index in [9.17, 15) is 18.3 Å². The number of aliphatic carboxylic acids is 1. The standard InChI is InChI=1S/C26H34N4O5S/c1-18(2)16-30(17-19(3)4)36(33,34)29-26(5,25(31)32)14-20-6-8-22(9-7-20)35-24-23-11-12-27-15-21(23)10-13-28-24/h6-13,15,18-19,29H,14,16-17H2,1-5H3,(H,31,32)/t26-/m0/s1. The SMILES string of the molecule is CC(C)CN(CC(C)C)S(=O)(=O)N[C@@](C)(Cc1ccc(Oc2nccc3cnccc23)cc1)C(=O)O. The van der Waals surface area contributed by atoms with Crippen molar-refractivity contribution in [2.45, 2.75) is 46.6 Å². The monoisotopic (exact) mass is 514 g/mol.